The van der Waals surface area contributed by atoms with Crippen LogP contribution in [0.15, 0.2) is 0 Å². The van der Waals surface area contributed by atoms with Gasteiger partial charge in [0.1, 0.15) is 0 Å². The second-order valence-electron chi connectivity index (χ2n) is 4.21. The monoisotopic (exact) mass is 248 g/mol. The molecular formula is C10H20N2O3S. The zero-order valence-electron chi connectivity index (χ0n) is 9.74. The van der Waals surface area contributed by atoms with Crippen molar-refractivity contribution < 1.29 is 13.2 Å². The van der Waals surface area contributed by atoms with E-state index < -0.39 is 10.0 Å². The van der Waals surface area contributed by atoms with Crippen molar-refractivity contribution in [1.29, 1.82) is 0 Å². The minimum absolute atomic E-state index is 0.0538. The van der Waals surface area contributed by atoms with E-state index in [1.807, 2.05) is 4.90 Å². The average molecular weight is 248 g/mol. The average Bonchev–Trinajstić information content (AvgIpc) is 2.43. The molecule has 5 nitrogen and oxygen atoms in total. The number of amides is 1. The SMILES string of the molecule is CS(=O)(=O)NCCC(=O)N1CCCCCC1. The number of likely N-dealkylation sites (tertiary alicyclic amines) is 1. The van der Waals surface area contributed by atoms with Crippen molar-refractivity contribution in [2.45, 2.75) is 32.1 Å². The molecule has 1 aliphatic heterocycles. The van der Waals surface area contributed by atoms with E-state index in [0.717, 1.165) is 32.2 Å². The highest BCUT2D eigenvalue weighted by Crippen LogP contribution is 2.10. The predicted molar refractivity (Wildman–Crippen MR) is 62.5 cm³/mol. The maximum atomic E-state index is 11.7. The van der Waals surface area contributed by atoms with Crippen LogP contribution in [0.1, 0.15) is 32.1 Å². The van der Waals surface area contributed by atoms with Crippen molar-refractivity contribution in [3.8, 4) is 0 Å². The van der Waals surface area contributed by atoms with Crippen molar-refractivity contribution in [3.63, 3.8) is 0 Å². The van der Waals surface area contributed by atoms with Crippen LogP contribution in [0, 0.1) is 0 Å². The minimum atomic E-state index is -3.18. The Morgan fingerprint density at radius 3 is 2.25 bits per heavy atom. The molecule has 1 amide bonds. The van der Waals surface area contributed by atoms with Gasteiger partial charge in [-0.1, -0.05) is 12.8 Å². The number of hydrogen-bond donors (Lipinski definition) is 1. The highest BCUT2D eigenvalue weighted by atomic mass is 32.2. The van der Waals surface area contributed by atoms with Crippen LogP contribution in [0.5, 0.6) is 0 Å². The molecule has 0 spiro atoms. The fraction of sp³-hybridized carbons (Fsp3) is 0.900. The maximum Gasteiger partial charge on any atom is 0.223 e. The quantitative estimate of drug-likeness (QED) is 0.779. The molecule has 0 aromatic rings. The fourth-order valence-electron chi connectivity index (χ4n) is 1.82. The van der Waals surface area contributed by atoms with Gasteiger partial charge in [0.2, 0.25) is 15.9 Å². The summed E-state index contributed by atoms with van der Waals surface area (Å²) in [6.07, 6.45) is 5.85. The summed E-state index contributed by atoms with van der Waals surface area (Å²) in [7, 11) is -3.18. The normalized spacial score (nSPS) is 18.2. The summed E-state index contributed by atoms with van der Waals surface area (Å²) in [5.41, 5.74) is 0. The number of nitrogens with zero attached hydrogens (tertiary/aromatic N) is 1. The predicted octanol–water partition coefficient (Wildman–Crippen LogP) is 0.328. The van der Waals surface area contributed by atoms with E-state index in [-0.39, 0.29) is 18.9 Å². The molecule has 94 valence electrons. The Bertz CT molecular complexity index is 319. The van der Waals surface area contributed by atoms with Gasteiger partial charge in [0.15, 0.2) is 0 Å². The van der Waals surface area contributed by atoms with Crippen molar-refractivity contribution in [3.05, 3.63) is 0 Å². The first-order valence-electron chi connectivity index (χ1n) is 5.71. The van der Waals surface area contributed by atoms with Gasteiger partial charge in [0, 0.05) is 26.1 Å². The van der Waals surface area contributed by atoms with Crippen LogP contribution in [0.2, 0.25) is 0 Å². The summed E-state index contributed by atoms with van der Waals surface area (Å²) in [5, 5.41) is 0. The van der Waals surface area contributed by atoms with E-state index >= 15 is 0 Å². The summed E-state index contributed by atoms with van der Waals surface area (Å²) in [5.74, 6) is 0.0538. The summed E-state index contributed by atoms with van der Waals surface area (Å²) in [4.78, 5) is 13.6. The van der Waals surface area contributed by atoms with Crippen molar-refractivity contribution in [2.24, 2.45) is 0 Å². The summed E-state index contributed by atoms with van der Waals surface area (Å²) >= 11 is 0. The number of sulfonamides is 1. The van der Waals surface area contributed by atoms with Crippen molar-refractivity contribution in [1.82, 2.24) is 9.62 Å². The van der Waals surface area contributed by atoms with E-state index in [4.69, 9.17) is 0 Å². The Morgan fingerprint density at radius 1 is 1.19 bits per heavy atom. The number of rotatable bonds is 4. The number of hydrogen-bond acceptors (Lipinski definition) is 3. The maximum absolute atomic E-state index is 11.7. The van der Waals surface area contributed by atoms with E-state index in [0.29, 0.717) is 0 Å². The Labute approximate surface area is 97.2 Å². The van der Waals surface area contributed by atoms with Crippen LogP contribution in [0.4, 0.5) is 0 Å². The van der Waals surface area contributed by atoms with Gasteiger partial charge in [-0.2, -0.15) is 0 Å². The third kappa shape index (κ3) is 5.46. The number of carbonyl (C=O) groups excluding carboxylic acids is 1. The van der Waals surface area contributed by atoms with Crippen LogP contribution >= 0.6 is 0 Å². The van der Waals surface area contributed by atoms with E-state index in [2.05, 4.69) is 4.72 Å². The molecule has 1 aliphatic rings. The molecule has 1 heterocycles. The molecule has 0 aromatic heterocycles. The molecule has 0 bridgehead atoms. The number of nitrogens with one attached hydrogen (secondary N) is 1. The van der Waals surface area contributed by atoms with Gasteiger partial charge in [-0.15, -0.1) is 0 Å². The molecule has 16 heavy (non-hydrogen) atoms. The zero-order chi connectivity index (χ0) is 12.0. The second-order valence-corrected chi connectivity index (χ2v) is 6.04. The molecule has 0 atom stereocenters. The van der Waals surface area contributed by atoms with Crippen molar-refractivity contribution in [2.75, 3.05) is 25.9 Å². The lowest BCUT2D eigenvalue weighted by Gasteiger charge is -2.20. The van der Waals surface area contributed by atoms with Crippen LogP contribution in [-0.2, 0) is 14.8 Å². The molecule has 6 heteroatoms. The lowest BCUT2D eigenvalue weighted by Crippen LogP contribution is -2.34. The Kier molecular flexibility index (Phi) is 5.21. The fourth-order valence-corrected chi connectivity index (χ4v) is 2.29. The van der Waals surface area contributed by atoms with E-state index in [1.54, 1.807) is 0 Å². The highest BCUT2D eigenvalue weighted by molar-refractivity contribution is 7.88. The van der Waals surface area contributed by atoms with Gasteiger partial charge in [0.25, 0.3) is 0 Å². The van der Waals surface area contributed by atoms with E-state index in [1.165, 1.54) is 12.8 Å². The topological polar surface area (TPSA) is 66.5 Å². The van der Waals surface area contributed by atoms with Crippen LogP contribution in [0.25, 0.3) is 0 Å². The molecule has 0 aliphatic carbocycles. The van der Waals surface area contributed by atoms with Gasteiger partial charge in [-0.25, -0.2) is 13.1 Å². The van der Waals surface area contributed by atoms with Gasteiger partial charge in [-0.3, -0.25) is 4.79 Å². The Balaban J connectivity index is 2.28. The standard InChI is InChI=1S/C10H20N2O3S/c1-16(14,15)11-7-6-10(13)12-8-4-2-3-5-9-12/h11H,2-9H2,1H3. The molecule has 1 rings (SSSR count). The lowest BCUT2D eigenvalue weighted by molar-refractivity contribution is -0.130. The zero-order valence-corrected chi connectivity index (χ0v) is 10.6. The molecule has 0 unspecified atom stereocenters. The van der Waals surface area contributed by atoms with Crippen LogP contribution in [-0.4, -0.2) is 45.1 Å². The number of carbonyl (C=O) groups is 1. The molecule has 1 N–H and O–H groups in total. The van der Waals surface area contributed by atoms with Crippen LogP contribution < -0.4 is 4.72 Å². The molecule has 0 radical (unpaired) electrons. The molecule has 1 saturated heterocycles. The second kappa shape index (κ2) is 6.20. The molecule has 0 aromatic carbocycles. The van der Waals surface area contributed by atoms with Gasteiger partial charge in [0.05, 0.1) is 6.26 Å². The van der Waals surface area contributed by atoms with Crippen LogP contribution in [0.3, 0.4) is 0 Å². The summed E-state index contributed by atoms with van der Waals surface area (Å²) < 4.78 is 23.9. The smallest absolute Gasteiger partial charge is 0.223 e. The third-order valence-corrected chi connectivity index (χ3v) is 3.39. The Morgan fingerprint density at radius 2 is 1.75 bits per heavy atom. The third-order valence-electron chi connectivity index (χ3n) is 2.66. The molecular weight excluding hydrogens is 228 g/mol. The molecule has 1 fully saturated rings. The highest BCUT2D eigenvalue weighted by Gasteiger charge is 2.15. The summed E-state index contributed by atoms with van der Waals surface area (Å²) in [6, 6.07) is 0. The first kappa shape index (κ1) is 13.4. The van der Waals surface area contributed by atoms with Gasteiger partial charge in [-0.05, 0) is 12.8 Å². The van der Waals surface area contributed by atoms with Gasteiger partial charge >= 0.3 is 0 Å². The summed E-state index contributed by atoms with van der Waals surface area (Å²) in [6.45, 7) is 1.84. The minimum Gasteiger partial charge on any atom is -0.343 e. The van der Waals surface area contributed by atoms with Gasteiger partial charge < -0.3 is 4.90 Å². The van der Waals surface area contributed by atoms with E-state index in [9.17, 15) is 13.2 Å². The molecule has 0 saturated carbocycles. The lowest BCUT2D eigenvalue weighted by atomic mass is 10.2. The first-order chi connectivity index (χ1) is 7.49. The Hall–Kier alpha value is -0.620. The van der Waals surface area contributed by atoms with Crippen molar-refractivity contribution >= 4 is 15.9 Å². The largest absolute Gasteiger partial charge is 0.343 e. The first-order valence-corrected chi connectivity index (χ1v) is 7.60.